The number of nitrogens with zero attached hydrogens (tertiary/aromatic N) is 3. The fourth-order valence-corrected chi connectivity index (χ4v) is 3.90. The van der Waals surface area contributed by atoms with Crippen LogP contribution >= 0.6 is 0 Å². The zero-order valence-electron chi connectivity index (χ0n) is 12.9. The van der Waals surface area contributed by atoms with E-state index in [0.717, 1.165) is 5.56 Å². The van der Waals surface area contributed by atoms with E-state index in [9.17, 15) is 8.42 Å². The van der Waals surface area contributed by atoms with Gasteiger partial charge in [0.1, 0.15) is 11.9 Å². The third kappa shape index (κ3) is 3.61. The van der Waals surface area contributed by atoms with Crippen molar-refractivity contribution in [3.63, 3.8) is 0 Å². The molecule has 1 aliphatic rings. The van der Waals surface area contributed by atoms with E-state index < -0.39 is 16.3 Å². The summed E-state index contributed by atoms with van der Waals surface area (Å²) >= 11 is 0. The topological polar surface area (TPSA) is 76.5 Å². The van der Waals surface area contributed by atoms with Crippen LogP contribution < -0.4 is 4.72 Å². The summed E-state index contributed by atoms with van der Waals surface area (Å²) in [6.07, 6.45) is 3.46. The van der Waals surface area contributed by atoms with Crippen LogP contribution in [-0.4, -0.2) is 48.6 Å². The highest BCUT2D eigenvalue weighted by Crippen LogP contribution is 2.22. The Kier molecular flexibility index (Phi) is 4.76. The molecule has 0 radical (unpaired) electrons. The molecule has 2 heterocycles. The first-order valence-electron chi connectivity index (χ1n) is 7.45. The fraction of sp³-hybridized carbons (Fsp3) is 0.400. The fourth-order valence-electron chi connectivity index (χ4n) is 2.58. The molecule has 1 aromatic heterocycles. The van der Waals surface area contributed by atoms with Crippen molar-refractivity contribution in [2.24, 2.45) is 7.05 Å². The molecule has 1 saturated heterocycles. The lowest BCUT2D eigenvalue weighted by Crippen LogP contribution is -2.48. The van der Waals surface area contributed by atoms with Crippen LogP contribution in [-0.2, 0) is 22.0 Å². The second-order valence-electron chi connectivity index (χ2n) is 5.37. The highest BCUT2D eigenvalue weighted by Gasteiger charge is 2.30. The first kappa shape index (κ1) is 16.1. The molecule has 1 unspecified atom stereocenters. The van der Waals surface area contributed by atoms with E-state index >= 15 is 0 Å². The summed E-state index contributed by atoms with van der Waals surface area (Å²) in [5.74, 6) is 0.646. The van der Waals surface area contributed by atoms with E-state index in [-0.39, 0.29) is 0 Å². The van der Waals surface area contributed by atoms with Gasteiger partial charge in [0, 0.05) is 32.5 Å². The SMILES string of the molecule is Cn1ccnc1C(NS(=O)(=O)N1CCOCC1)c1ccccc1. The van der Waals surface area contributed by atoms with Crippen LogP contribution in [0.5, 0.6) is 0 Å². The largest absolute Gasteiger partial charge is 0.379 e. The maximum absolute atomic E-state index is 12.7. The maximum atomic E-state index is 12.7. The van der Waals surface area contributed by atoms with Gasteiger partial charge in [-0.15, -0.1) is 0 Å². The first-order chi connectivity index (χ1) is 11.1. The highest BCUT2D eigenvalue weighted by molar-refractivity contribution is 7.87. The minimum Gasteiger partial charge on any atom is -0.379 e. The monoisotopic (exact) mass is 336 g/mol. The Morgan fingerprint density at radius 2 is 1.91 bits per heavy atom. The summed E-state index contributed by atoms with van der Waals surface area (Å²) < 4.78 is 36.6. The standard InChI is InChI=1S/C15H20N4O3S/c1-18-8-7-16-15(18)14(13-5-3-2-4-6-13)17-23(20,21)19-9-11-22-12-10-19/h2-8,14,17H,9-12H2,1H3. The first-order valence-corrected chi connectivity index (χ1v) is 8.89. The molecule has 7 nitrogen and oxygen atoms in total. The van der Waals surface area contributed by atoms with Crippen LogP contribution in [0.25, 0.3) is 0 Å². The lowest BCUT2D eigenvalue weighted by molar-refractivity contribution is 0.0723. The second-order valence-corrected chi connectivity index (χ2v) is 7.08. The van der Waals surface area contributed by atoms with Crippen molar-refractivity contribution in [3.05, 3.63) is 54.1 Å². The number of benzene rings is 1. The number of rotatable bonds is 5. The van der Waals surface area contributed by atoms with Crippen LogP contribution in [0.4, 0.5) is 0 Å². The normalized spacial score (nSPS) is 18.0. The van der Waals surface area contributed by atoms with Gasteiger partial charge >= 0.3 is 0 Å². The number of nitrogens with one attached hydrogen (secondary N) is 1. The molecule has 1 N–H and O–H groups in total. The van der Waals surface area contributed by atoms with Gasteiger partial charge < -0.3 is 9.30 Å². The summed E-state index contributed by atoms with van der Waals surface area (Å²) in [4.78, 5) is 4.31. The van der Waals surface area contributed by atoms with Gasteiger partial charge in [-0.1, -0.05) is 30.3 Å². The summed E-state index contributed by atoms with van der Waals surface area (Å²) in [6.45, 7) is 1.55. The smallest absolute Gasteiger partial charge is 0.280 e. The Morgan fingerprint density at radius 1 is 1.22 bits per heavy atom. The second kappa shape index (κ2) is 6.79. The number of hydrogen-bond acceptors (Lipinski definition) is 4. The van der Waals surface area contributed by atoms with Crippen LogP contribution in [0.3, 0.4) is 0 Å². The molecule has 8 heteroatoms. The van der Waals surface area contributed by atoms with E-state index in [0.29, 0.717) is 32.1 Å². The van der Waals surface area contributed by atoms with E-state index in [2.05, 4.69) is 9.71 Å². The Bertz CT molecular complexity index is 739. The van der Waals surface area contributed by atoms with Gasteiger partial charge in [0.25, 0.3) is 10.2 Å². The molecular formula is C15H20N4O3S. The number of hydrogen-bond donors (Lipinski definition) is 1. The third-order valence-electron chi connectivity index (χ3n) is 3.83. The lowest BCUT2D eigenvalue weighted by Gasteiger charge is -2.28. The molecule has 1 atom stereocenters. The van der Waals surface area contributed by atoms with Gasteiger partial charge in [-0.25, -0.2) is 4.98 Å². The molecule has 1 fully saturated rings. The number of aryl methyl sites for hydroxylation is 1. The maximum Gasteiger partial charge on any atom is 0.280 e. The van der Waals surface area contributed by atoms with Crippen molar-refractivity contribution in [1.82, 2.24) is 18.6 Å². The molecule has 124 valence electrons. The molecule has 0 saturated carbocycles. The van der Waals surface area contributed by atoms with Crippen molar-refractivity contribution in [3.8, 4) is 0 Å². The Balaban J connectivity index is 1.92. The summed E-state index contributed by atoms with van der Waals surface area (Å²) in [7, 11) is -1.77. The third-order valence-corrected chi connectivity index (χ3v) is 5.40. The van der Waals surface area contributed by atoms with Crippen molar-refractivity contribution in [2.75, 3.05) is 26.3 Å². The van der Waals surface area contributed by atoms with Gasteiger partial charge in [0.05, 0.1) is 13.2 Å². The molecule has 23 heavy (non-hydrogen) atoms. The van der Waals surface area contributed by atoms with Crippen LogP contribution in [0, 0.1) is 0 Å². The van der Waals surface area contributed by atoms with Crippen molar-refractivity contribution >= 4 is 10.2 Å². The molecule has 0 aliphatic carbocycles. The molecule has 0 spiro atoms. The number of imidazole rings is 1. The lowest BCUT2D eigenvalue weighted by atomic mass is 10.1. The number of aromatic nitrogens is 2. The summed E-state index contributed by atoms with van der Waals surface area (Å²) in [5, 5.41) is 0. The van der Waals surface area contributed by atoms with E-state index in [1.807, 2.05) is 41.9 Å². The Hall–Kier alpha value is -1.74. The number of ether oxygens (including phenoxy) is 1. The molecule has 1 aromatic carbocycles. The van der Waals surface area contributed by atoms with Gasteiger partial charge in [-0.05, 0) is 5.56 Å². The summed E-state index contributed by atoms with van der Waals surface area (Å²) in [5.41, 5.74) is 0.846. The molecule has 1 aliphatic heterocycles. The minimum absolute atomic E-state index is 0.359. The van der Waals surface area contributed by atoms with E-state index in [1.165, 1.54) is 4.31 Å². The molecular weight excluding hydrogens is 316 g/mol. The van der Waals surface area contributed by atoms with E-state index in [4.69, 9.17) is 4.74 Å². The van der Waals surface area contributed by atoms with Crippen LogP contribution in [0.1, 0.15) is 17.4 Å². The predicted octanol–water partition coefficient (Wildman–Crippen LogP) is 0.676. The van der Waals surface area contributed by atoms with Gasteiger partial charge in [0.15, 0.2) is 0 Å². The molecule has 2 aromatic rings. The van der Waals surface area contributed by atoms with Crippen LogP contribution in [0.15, 0.2) is 42.7 Å². The van der Waals surface area contributed by atoms with Gasteiger partial charge in [-0.2, -0.15) is 17.4 Å². The number of morpholine rings is 1. The highest BCUT2D eigenvalue weighted by atomic mass is 32.2. The summed E-state index contributed by atoms with van der Waals surface area (Å²) in [6, 6.07) is 8.91. The van der Waals surface area contributed by atoms with Crippen molar-refractivity contribution in [2.45, 2.75) is 6.04 Å². The van der Waals surface area contributed by atoms with Crippen LogP contribution in [0.2, 0.25) is 0 Å². The quantitative estimate of drug-likeness (QED) is 0.871. The van der Waals surface area contributed by atoms with Gasteiger partial charge in [0.2, 0.25) is 0 Å². The molecule has 0 amide bonds. The predicted molar refractivity (Wildman–Crippen MR) is 85.9 cm³/mol. The average Bonchev–Trinajstić information content (AvgIpc) is 3.00. The van der Waals surface area contributed by atoms with Gasteiger partial charge in [-0.3, -0.25) is 0 Å². The Labute approximate surface area is 136 Å². The molecule has 3 rings (SSSR count). The zero-order chi connectivity index (χ0) is 16.3. The Morgan fingerprint density at radius 3 is 2.52 bits per heavy atom. The van der Waals surface area contributed by atoms with E-state index in [1.54, 1.807) is 12.4 Å². The average molecular weight is 336 g/mol. The minimum atomic E-state index is -3.62. The molecule has 0 bridgehead atoms. The zero-order valence-corrected chi connectivity index (χ0v) is 13.7. The van der Waals surface area contributed by atoms with Crippen molar-refractivity contribution in [1.29, 1.82) is 0 Å². The van der Waals surface area contributed by atoms with Crippen molar-refractivity contribution < 1.29 is 13.2 Å².